The molecule has 1 aliphatic rings. The molecule has 0 radical (unpaired) electrons. The first-order chi connectivity index (χ1) is 9.49. The number of carbonyl (C=O) groups excluding carboxylic acids is 1. The number of rotatable bonds is 8. The van der Waals surface area contributed by atoms with Crippen LogP contribution in [0.25, 0.3) is 0 Å². The molecule has 0 bridgehead atoms. The van der Waals surface area contributed by atoms with Crippen molar-refractivity contribution in [2.45, 2.75) is 37.0 Å². The summed E-state index contributed by atoms with van der Waals surface area (Å²) in [6.45, 7) is 1.88. The maximum absolute atomic E-state index is 11.7. The first kappa shape index (κ1) is 16.8. The largest absolute Gasteiger partial charge is 0.481 e. The van der Waals surface area contributed by atoms with Crippen molar-refractivity contribution in [3.63, 3.8) is 0 Å². The third-order valence-electron chi connectivity index (χ3n) is 3.02. The fourth-order valence-electron chi connectivity index (χ4n) is 1.92. The summed E-state index contributed by atoms with van der Waals surface area (Å²) in [5.74, 6) is -2.42. The quantitative estimate of drug-likeness (QED) is 0.495. The number of nitrogens with one attached hydrogen (secondary N) is 2. The van der Waals surface area contributed by atoms with Gasteiger partial charge in [-0.15, -0.1) is 11.8 Å². The molecule has 0 spiro atoms. The fraction of sp³-hybridized carbons (Fsp3) is 0.750. The molecule has 1 fully saturated rings. The molecule has 1 atom stereocenters. The summed E-state index contributed by atoms with van der Waals surface area (Å²) in [6.07, 6.45) is 1.62. The molecule has 114 valence electrons. The van der Waals surface area contributed by atoms with Gasteiger partial charge in [0.25, 0.3) is 0 Å². The number of hydrogen-bond acceptors (Lipinski definition) is 5. The van der Waals surface area contributed by atoms with E-state index in [9.17, 15) is 14.4 Å². The van der Waals surface area contributed by atoms with E-state index >= 15 is 0 Å². The van der Waals surface area contributed by atoms with E-state index in [-0.39, 0.29) is 24.5 Å². The van der Waals surface area contributed by atoms with Crippen LogP contribution in [-0.2, 0) is 14.4 Å². The van der Waals surface area contributed by atoms with Gasteiger partial charge in [-0.25, -0.2) is 4.79 Å². The van der Waals surface area contributed by atoms with Crippen LogP contribution in [0.1, 0.15) is 25.7 Å². The number of carboxylic acids is 2. The highest BCUT2D eigenvalue weighted by Gasteiger charge is 2.22. The van der Waals surface area contributed by atoms with E-state index in [2.05, 4.69) is 10.6 Å². The lowest BCUT2D eigenvalue weighted by Gasteiger charge is -2.22. The monoisotopic (exact) mass is 304 g/mol. The molecule has 8 heteroatoms. The van der Waals surface area contributed by atoms with Gasteiger partial charge < -0.3 is 20.8 Å². The average molecular weight is 304 g/mol. The van der Waals surface area contributed by atoms with Gasteiger partial charge in [0.15, 0.2) is 0 Å². The molecule has 1 aliphatic heterocycles. The molecule has 0 aromatic rings. The summed E-state index contributed by atoms with van der Waals surface area (Å²) in [7, 11) is 0. The Kier molecular flexibility index (Phi) is 7.38. The average Bonchev–Trinajstić information content (AvgIpc) is 2.41. The molecule has 7 nitrogen and oxygen atoms in total. The second kappa shape index (κ2) is 8.80. The van der Waals surface area contributed by atoms with Crippen LogP contribution in [0.15, 0.2) is 0 Å². The zero-order valence-corrected chi connectivity index (χ0v) is 11.9. The van der Waals surface area contributed by atoms with Gasteiger partial charge in [0, 0.05) is 11.7 Å². The van der Waals surface area contributed by atoms with Crippen molar-refractivity contribution in [1.82, 2.24) is 10.6 Å². The topological polar surface area (TPSA) is 116 Å². The zero-order valence-electron chi connectivity index (χ0n) is 11.1. The summed E-state index contributed by atoms with van der Waals surface area (Å²) in [6, 6.07) is -1.13. The third-order valence-corrected chi connectivity index (χ3v) is 4.39. The molecular formula is C12H20N2O5S. The standard InChI is InChI=1S/C12H20N2O5S/c15-10(7-20-8-3-5-13-6-4-8)14-9(12(18)19)1-2-11(16)17/h8-9,13H,1-7H2,(H,14,15)(H,16,17)(H,18,19). The van der Waals surface area contributed by atoms with E-state index in [1.807, 2.05) is 0 Å². The van der Waals surface area contributed by atoms with Crippen LogP contribution in [0.2, 0.25) is 0 Å². The maximum Gasteiger partial charge on any atom is 0.326 e. The van der Waals surface area contributed by atoms with Crippen molar-refractivity contribution >= 4 is 29.6 Å². The van der Waals surface area contributed by atoms with E-state index in [0.717, 1.165) is 25.9 Å². The van der Waals surface area contributed by atoms with E-state index in [4.69, 9.17) is 10.2 Å². The lowest BCUT2D eigenvalue weighted by Crippen LogP contribution is -2.42. The van der Waals surface area contributed by atoms with E-state index in [0.29, 0.717) is 5.25 Å². The van der Waals surface area contributed by atoms with Crippen LogP contribution >= 0.6 is 11.8 Å². The van der Waals surface area contributed by atoms with Crippen LogP contribution in [0, 0.1) is 0 Å². The molecule has 4 N–H and O–H groups in total. The van der Waals surface area contributed by atoms with Gasteiger partial charge >= 0.3 is 11.9 Å². The van der Waals surface area contributed by atoms with Gasteiger partial charge in [-0.2, -0.15) is 0 Å². The van der Waals surface area contributed by atoms with Crippen LogP contribution in [0.5, 0.6) is 0 Å². The van der Waals surface area contributed by atoms with Gasteiger partial charge in [0.05, 0.1) is 5.75 Å². The Balaban J connectivity index is 2.29. The summed E-state index contributed by atoms with van der Waals surface area (Å²) in [5, 5.41) is 23.5. The number of carbonyl (C=O) groups is 3. The molecule has 0 saturated carbocycles. The Morgan fingerprint density at radius 1 is 1.25 bits per heavy atom. The third kappa shape index (κ3) is 6.76. The van der Waals surface area contributed by atoms with Gasteiger partial charge in [0.2, 0.25) is 5.91 Å². The van der Waals surface area contributed by atoms with Gasteiger partial charge in [-0.3, -0.25) is 9.59 Å². The SMILES string of the molecule is O=C(O)CCC(NC(=O)CSC1CCNCC1)C(=O)O. The first-order valence-electron chi connectivity index (χ1n) is 6.55. The smallest absolute Gasteiger partial charge is 0.326 e. The van der Waals surface area contributed by atoms with Crippen molar-refractivity contribution in [2.75, 3.05) is 18.8 Å². The number of piperidine rings is 1. The Labute approximate surface area is 121 Å². The molecule has 1 heterocycles. The van der Waals surface area contributed by atoms with Crippen molar-refractivity contribution in [3.05, 3.63) is 0 Å². The lowest BCUT2D eigenvalue weighted by atomic mass is 10.1. The predicted octanol–water partition coefficient (Wildman–Crippen LogP) is -0.0942. The first-order valence-corrected chi connectivity index (χ1v) is 7.60. The van der Waals surface area contributed by atoms with E-state index in [1.54, 1.807) is 0 Å². The molecular weight excluding hydrogens is 284 g/mol. The van der Waals surface area contributed by atoms with Gasteiger partial charge in [0.1, 0.15) is 6.04 Å². The molecule has 20 heavy (non-hydrogen) atoms. The second-order valence-electron chi connectivity index (χ2n) is 4.65. The number of amides is 1. The number of thioether (sulfide) groups is 1. The van der Waals surface area contributed by atoms with Crippen LogP contribution in [-0.4, -0.2) is 58.2 Å². The fourth-order valence-corrected chi connectivity index (χ4v) is 2.96. The molecule has 0 aliphatic carbocycles. The van der Waals surface area contributed by atoms with Crippen molar-refractivity contribution in [3.8, 4) is 0 Å². The van der Waals surface area contributed by atoms with E-state index in [1.165, 1.54) is 11.8 Å². The van der Waals surface area contributed by atoms with Crippen LogP contribution < -0.4 is 10.6 Å². The Morgan fingerprint density at radius 2 is 1.90 bits per heavy atom. The number of carboxylic acid groups (broad SMARTS) is 2. The normalized spacial score (nSPS) is 17.4. The summed E-state index contributed by atoms with van der Waals surface area (Å²) in [5.41, 5.74) is 0. The number of hydrogen-bond donors (Lipinski definition) is 4. The number of aliphatic carboxylic acids is 2. The van der Waals surface area contributed by atoms with Crippen molar-refractivity contribution in [1.29, 1.82) is 0 Å². The molecule has 0 aromatic heterocycles. The Hall–Kier alpha value is -1.28. The highest BCUT2D eigenvalue weighted by molar-refractivity contribution is 8.00. The minimum atomic E-state index is -1.20. The van der Waals surface area contributed by atoms with Crippen LogP contribution in [0.4, 0.5) is 0 Å². The Bertz CT molecular complexity index is 358. The molecule has 0 aromatic carbocycles. The highest BCUT2D eigenvalue weighted by atomic mass is 32.2. The van der Waals surface area contributed by atoms with Gasteiger partial charge in [-0.1, -0.05) is 0 Å². The highest BCUT2D eigenvalue weighted by Crippen LogP contribution is 2.19. The summed E-state index contributed by atoms with van der Waals surface area (Å²) < 4.78 is 0. The second-order valence-corrected chi connectivity index (χ2v) is 5.94. The summed E-state index contributed by atoms with van der Waals surface area (Å²) in [4.78, 5) is 33.0. The minimum absolute atomic E-state index is 0.103. The Morgan fingerprint density at radius 3 is 2.45 bits per heavy atom. The molecule has 1 saturated heterocycles. The van der Waals surface area contributed by atoms with Crippen molar-refractivity contribution < 1.29 is 24.6 Å². The molecule has 1 rings (SSSR count). The lowest BCUT2D eigenvalue weighted by molar-refractivity contribution is -0.142. The minimum Gasteiger partial charge on any atom is -0.481 e. The predicted molar refractivity (Wildman–Crippen MR) is 74.8 cm³/mol. The zero-order chi connectivity index (χ0) is 15.0. The van der Waals surface area contributed by atoms with Crippen molar-refractivity contribution in [2.24, 2.45) is 0 Å². The maximum atomic E-state index is 11.7. The molecule has 1 amide bonds. The van der Waals surface area contributed by atoms with Crippen LogP contribution in [0.3, 0.4) is 0 Å². The van der Waals surface area contributed by atoms with Gasteiger partial charge in [-0.05, 0) is 32.4 Å². The summed E-state index contributed by atoms with van der Waals surface area (Å²) >= 11 is 1.52. The molecule has 1 unspecified atom stereocenters. The van der Waals surface area contributed by atoms with E-state index < -0.39 is 18.0 Å².